The molecule has 0 saturated carbocycles. The minimum atomic E-state index is -0.270. The van der Waals surface area contributed by atoms with Crippen molar-refractivity contribution in [1.82, 2.24) is 15.4 Å². The summed E-state index contributed by atoms with van der Waals surface area (Å²) in [4.78, 5) is 20.2. The highest BCUT2D eigenvalue weighted by Gasteiger charge is 2.12. The molecule has 154 valence electrons. The van der Waals surface area contributed by atoms with Crippen LogP contribution < -0.4 is 14.9 Å². The van der Waals surface area contributed by atoms with E-state index in [0.29, 0.717) is 17.1 Å². The van der Waals surface area contributed by atoms with Crippen LogP contribution in [0.2, 0.25) is 0 Å². The van der Waals surface area contributed by atoms with E-state index in [9.17, 15) is 4.79 Å². The molecule has 1 aromatic heterocycles. The fourth-order valence-corrected chi connectivity index (χ4v) is 3.97. The number of hydrogen-bond acceptors (Lipinski definition) is 6. The molecule has 31 heavy (non-hydrogen) atoms. The van der Waals surface area contributed by atoms with Gasteiger partial charge in [-0.3, -0.25) is 4.79 Å². The van der Waals surface area contributed by atoms with E-state index >= 15 is 0 Å². The predicted molar refractivity (Wildman–Crippen MR) is 120 cm³/mol. The molecule has 0 saturated heterocycles. The Bertz CT molecular complexity index is 1230. The standard InChI is InChI=1S/C23H18N4O3S/c28-22(27-24-12-16-7-10-20-21(11-16)30-14-29-20)17-8-5-15(6-9-17)13-31-23-25-18-3-1-2-4-19(18)26-23/h1-12H,13-14H2,(H,25,26)(H,27,28). The van der Waals surface area contributed by atoms with Gasteiger partial charge in [-0.2, -0.15) is 5.10 Å². The van der Waals surface area contributed by atoms with E-state index in [0.717, 1.165) is 33.1 Å². The lowest BCUT2D eigenvalue weighted by Crippen LogP contribution is -2.17. The van der Waals surface area contributed by atoms with Gasteiger partial charge in [0.15, 0.2) is 16.7 Å². The van der Waals surface area contributed by atoms with Crippen molar-refractivity contribution in [2.45, 2.75) is 10.9 Å². The van der Waals surface area contributed by atoms with E-state index in [2.05, 4.69) is 20.5 Å². The van der Waals surface area contributed by atoms with E-state index in [4.69, 9.17) is 9.47 Å². The molecule has 0 atom stereocenters. The van der Waals surface area contributed by atoms with Gasteiger partial charge in [0.25, 0.3) is 5.91 Å². The molecule has 1 aliphatic heterocycles. The zero-order valence-corrected chi connectivity index (χ0v) is 17.2. The minimum Gasteiger partial charge on any atom is -0.454 e. The van der Waals surface area contributed by atoms with Gasteiger partial charge in [0, 0.05) is 11.3 Å². The molecule has 1 aliphatic rings. The number of benzene rings is 3. The summed E-state index contributed by atoms with van der Waals surface area (Å²) in [7, 11) is 0. The summed E-state index contributed by atoms with van der Waals surface area (Å²) in [6, 6.07) is 20.9. The Balaban J connectivity index is 1.16. The number of nitrogens with zero attached hydrogens (tertiary/aromatic N) is 2. The van der Waals surface area contributed by atoms with Crippen molar-refractivity contribution in [3.63, 3.8) is 0 Å². The Morgan fingerprint density at radius 2 is 1.94 bits per heavy atom. The van der Waals surface area contributed by atoms with Crippen LogP contribution in [-0.4, -0.2) is 28.9 Å². The number of H-pyrrole nitrogens is 1. The topological polar surface area (TPSA) is 88.6 Å². The quantitative estimate of drug-likeness (QED) is 0.270. The van der Waals surface area contributed by atoms with Gasteiger partial charge in [-0.25, -0.2) is 10.4 Å². The molecule has 2 N–H and O–H groups in total. The number of aromatic amines is 1. The number of imidazole rings is 1. The Morgan fingerprint density at radius 3 is 2.81 bits per heavy atom. The highest BCUT2D eigenvalue weighted by atomic mass is 32.2. The molecule has 0 fully saturated rings. The van der Waals surface area contributed by atoms with Crippen molar-refractivity contribution >= 4 is 34.9 Å². The van der Waals surface area contributed by atoms with Crippen molar-refractivity contribution < 1.29 is 14.3 Å². The number of rotatable bonds is 6. The summed E-state index contributed by atoms with van der Waals surface area (Å²) in [5.74, 6) is 1.86. The predicted octanol–water partition coefficient (Wildman–Crippen LogP) is 4.35. The smallest absolute Gasteiger partial charge is 0.271 e. The number of amides is 1. The average Bonchev–Trinajstić information content (AvgIpc) is 3.44. The summed E-state index contributed by atoms with van der Waals surface area (Å²) in [6.07, 6.45) is 1.57. The molecular formula is C23H18N4O3S. The van der Waals surface area contributed by atoms with Gasteiger partial charge in [-0.1, -0.05) is 36.0 Å². The van der Waals surface area contributed by atoms with Gasteiger partial charge in [-0.05, 0) is 53.6 Å². The van der Waals surface area contributed by atoms with Crippen molar-refractivity contribution in [2.24, 2.45) is 5.10 Å². The van der Waals surface area contributed by atoms with Crippen LogP contribution in [0.4, 0.5) is 0 Å². The fraction of sp³-hybridized carbons (Fsp3) is 0.0870. The first-order valence-corrected chi connectivity index (χ1v) is 10.6. The van der Waals surface area contributed by atoms with Crippen molar-refractivity contribution in [3.05, 3.63) is 83.4 Å². The second kappa shape index (κ2) is 8.53. The first kappa shape index (κ1) is 19.2. The molecule has 0 unspecified atom stereocenters. The molecule has 0 radical (unpaired) electrons. The number of fused-ring (bicyclic) bond motifs is 2. The maximum Gasteiger partial charge on any atom is 0.271 e. The molecule has 5 rings (SSSR count). The molecule has 1 amide bonds. The maximum atomic E-state index is 12.3. The second-order valence-electron chi connectivity index (χ2n) is 6.86. The Morgan fingerprint density at radius 1 is 1.10 bits per heavy atom. The molecule has 7 nitrogen and oxygen atoms in total. The van der Waals surface area contributed by atoms with Crippen LogP contribution >= 0.6 is 11.8 Å². The van der Waals surface area contributed by atoms with Crippen molar-refractivity contribution in [3.8, 4) is 11.5 Å². The van der Waals surface area contributed by atoms with Crippen LogP contribution in [-0.2, 0) is 5.75 Å². The van der Waals surface area contributed by atoms with Gasteiger partial charge in [-0.15, -0.1) is 0 Å². The van der Waals surface area contributed by atoms with Crippen molar-refractivity contribution in [2.75, 3.05) is 6.79 Å². The zero-order chi connectivity index (χ0) is 21.0. The Hall–Kier alpha value is -3.78. The number of thioether (sulfide) groups is 1. The zero-order valence-electron chi connectivity index (χ0n) is 16.4. The van der Waals surface area contributed by atoms with Crippen LogP contribution in [0.3, 0.4) is 0 Å². The van der Waals surface area contributed by atoms with Crippen LogP contribution in [0.5, 0.6) is 11.5 Å². The highest BCUT2D eigenvalue weighted by molar-refractivity contribution is 7.98. The minimum absolute atomic E-state index is 0.222. The second-order valence-corrected chi connectivity index (χ2v) is 7.82. The number of hydrogen-bond donors (Lipinski definition) is 2. The number of nitrogens with one attached hydrogen (secondary N) is 2. The first-order chi connectivity index (χ1) is 15.2. The van der Waals surface area contributed by atoms with Gasteiger partial charge < -0.3 is 14.5 Å². The SMILES string of the molecule is O=C(NN=Cc1ccc2c(c1)OCO2)c1ccc(CSc2nc3ccccc3[nH]2)cc1. The summed E-state index contributed by atoms with van der Waals surface area (Å²) in [5.41, 5.74) is 6.98. The molecule has 0 spiro atoms. The normalized spacial score (nSPS) is 12.5. The third kappa shape index (κ3) is 4.39. The van der Waals surface area contributed by atoms with Crippen LogP contribution in [0, 0.1) is 0 Å². The van der Waals surface area contributed by atoms with Crippen LogP contribution in [0.15, 0.2) is 77.0 Å². The third-order valence-electron chi connectivity index (χ3n) is 4.74. The molecule has 8 heteroatoms. The highest BCUT2D eigenvalue weighted by Crippen LogP contribution is 2.32. The summed E-state index contributed by atoms with van der Waals surface area (Å²) in [5, 5.41) is 4.90. The number of carbonyl (C=O) groups excluding carboxylic acids is 1. The van der Waals surface area contributed by atoms with Gasteiger partial charge in [0.1, 0.15) is 0 Å². The molecule has 2 heterocycles. The average molecular weight is 430 g/mol. The summed E-state index contributed by atoms with van der Waals surface area (Å²) in [6.45, 7) is 0.222. The maximum absolute atomic E-state index is 12.3. The van der Waals surface area contributed by atoms with Gasteiger partial charge in [0.05, 0.1) is 17.2 Å². The van der Waals surface area contributed by atoms with E-state index in [1.807, 2.05) is 54.6 Å². The molecular weight excluding hydrogens is 412 g/mol. The van der Waals surface area contributed by atoms with Gasteiger partial charge in [0.2, 0.25) is 6.79 Å². The van der Waals surface area contributed by atoms with Crippen molar-refractivity contribution in [1.29, 1.82) is 0 Å². The van der Waals surface area contributed by atoms with E-state index in [-0.39, 0.29) is 12.7 Å². The number of ether oxygens (including phenoxy) is 2. The Kier molecular flexibility index (Phi) is 5.28. The van der Waals surface area contributed by atoms with E-state index in [1.165, 1.54) is 0 Å². The molecule has 4 aromatic rings. The number of hydrazone groups is 1. The number of carbonyl (C=O) groups is 1. The largest absolute Gasteiger partial charge is 0.454 e. The number of para-hydroxylation sites is 2. The Labute approximate surface area is 182 Å². The first-order valence-electron chi connectivity index (χ1n) is 9.64. The van der Waals surface area contributed by atoms with Crippen LogP contribution in [0.25, 0.3) is 11.0 Å². The fourth-order valence-electron chi connectivity index (χ4n) is 3.13. The van der Waals surface area contributed by atoms with E-state index < -0.39 is 0 Å². The lowest BCUT2D eigenvalue weighted by molar-refractivity contribution is 0.0955. The number of aromatic nitrogens is 2. The lowest BCUT2D eigenvalue weighted by Gasteiger charge is -2.03. The molecule has 0 aliphatic carbocycles. The van der Waals surface area contributed by atoms with E-state index in [1.54, 1.807) is 30.1 Å². The lowest BCUT2D eigenvalue weighted by atomic mass is 10.1. The monoisotopic (exact) mass is 430 g/mol. The third-order valence-corrected chi connectivity index (χ3v) is 5.68. The summed E-state index contributed by atoms with van der Waals surface area (Å²) < 4.78 is 10.6. The summed E-state index contributed by atoms with van der Waals surface area (Å²) >= 11 is 1.62. The van der Waals surface area contributed by atoms with Gasteiger partial charge >= 0.3 is 0 Å². The van der Waals surface area contributed by atoms with Crippen LogP contribution in [0.1, 0.15) is 21.5 Å². The molecule has 3 aromatic carbocycles. The molecule has 0 bridgehead atoms.